The van der Waals surface area contributed by atoms with Gasteiger partial charge in [0, 0.05) is 11.8 Å². The minimum Gasteiger partial charge on any atom is -0.459 e. The highest BCUT2D eigenvalue weighted by Gasteiger charge is 2.46. The van der Waals surface area contributed by atoms with Gasteiger partial charge in [-0.05, 0) is 30.7 Å². The van der Waals surface area contributed by atoms with Gasteiger partial charge in [0.15, 0.2) is 0 Å². The monoisotopic (exact) mass is 302 g/mol. The Morgan fingerprint density at radius 3 is 2.68 bits per heavy atom. The molecule has 118 valence electrons. The van der Waals surface area contributed by atoms with Gasteiger partial charge in [0.25, 0.3) is 0 Å². The molecule has 2 aliphatic rings. The topological polar surface area (TPSA) is 52.6 Å². The maximum Gasteiger partial charge on any atom is 0.332 e. The molecule has 0 spiro atoms. The van der Waals surface area contributed by atoms with Crippen molar-refractivity contribution in [2.75, 3.05) is 6.61 Å². The van der Waals surface area contributed by atoms with Gasteiger partial charge in [-0.15, -0.1) is 0 Å². The van der Waals surface area contributed by atoms with E-state index < -0.39 is 0 Å². The Hall–Kier alpha value is -1.68. The van der Waals surface area contributed by atoms with Gasteiger partial charge in [0.2, 0.25) is 0 Å². The molecule has 3 rings (SSSR count). The fraction of sp³-hybridized carbons (Fsp3) is 0.556. The normalized spacial score (nSPS) is 30.3. The number of ether oxygens (including phenoxy) is 2. The lowest BCUT2D eigenvalue weighted by atomic mass is 9.84. The summed E-state index contributed by atoms with van der Waals surface area (Å²) in [5.74, 6) is 0.777. The first-order valence-electron chi connectivity index (χ1n) is 7.98. The number of esters is 1. The van der Waals surface area contributed by atoms with E-state index in [9.17, 15) is 9.59 Å². The number of carbonyl (C=O) groups is 2. The molecule has 1 aromatic carbocycles. The Morgan fingerprint density at radius 1 is 1.18 bits per heavy atom. The van der Waals surface area contributed by atoms with Crippen molar-refractivity contribution < 1.29 is 19.1 Å². The van der Waals surface area contributed by atoms with Crippen LogP contribution in [-0.2, 0) is 25.7 Å². The molecule has 0 aromatic heterocycles. The highest BCUT2D eigenvalue weighted by Crippen LogP contribution is 2.43. The molecule has 2 aliphatic carbocycles. The molecule has 0 N–H and O–H groups in total. The smallest absolute Gasteiger partial charge is 0.332 e. The number of Topliss-reactive ketones (excluding diaryl/α,β-unsaturated/α-hetero) is 1. The molecular formula is C18H22O4. The minimum atomic E-state index is -0.346. The first kappa shape index (κ1) is 15.2. The van der Waals surface area contributed by atoms with Crippen molar-refractivity contribution in [3.05, 3.63) is 35.9 Å². The highest BCUT2D eigenvalue weighted by molar-refractivity contribution is 5.86. The molecule has 0 amide bonds. The van der Waals surface area contributed by atoms with Gasteiger partial charge < -0.3 is 9.47 Å². The van der Waals surface area contributed by atoms with Crippen LogP contribution in [0, 0.1) is 17.8 Å². The molecule has 4 heteroatoms. The van der Waals surface area contributed by atoms with Gasteiger partial charge in [0.1, 0.15) is 19.0 Å². The van der Waals surface area contributed by atoms with Crippen molar-refractivity contribution in [1.82, 2.24) is 0 Å². The zero-order chi connectivity index (χ0) is 15.5. The number of hydrogen-bond donors (Lipinski definition) is 0. The van der Waals surface area contributed by atoms with E-state index in [1.54, 1.807) is 0 Å². The predicted molar refractivity (Wildman–Crippen MR) is 81.0 cm³/mol. The Kier molecular flexibility index (Phi) is 4.57. The van der Waals surface area contributed by atoms with E-state index in [4.69, 9.17) is 9.47 Å². The molecule has 0 heterocycles. The average molecular weight is 302 g/mol. The first-order valence-corrected chi connectivity index (χ1v) is 7.98. The summed E-state index contributed by atoms with van der Waals surface area (Å²) in [4.78, 5) is 23.7. The van der Waals surface area contributed by atoms with Crippen molar-refractivity contribution in [2.45, 2.75) is 38.9 Å². The highest BCUT2D eigenvalue weighted by atomic mass is 16.6. The number of carbonyl (C=O) groups excluding carboxylic acids is 2. The molecular weight excluding hydrogens is 280 g/mol. The number of fused-ring (bicyclic) bond motifs is 2. The van der Waals surface area contributed by atoms with E-state index in [0.717, 1.165) is 24.8 Å². The average Bonchev–Trinajstić information content (AvgIpc) is 2.70. The number of rotatable bonds is 5. The molecule has 1 aromatic rings. The molecule has 0 unspecified atom stereocenters. The van der Waals surface area contributed by atoms with E-state index >= 15 is 0 Å². The zero-order valence-corrected chi connectivity index (χ0v) is 12.9. The van der Waals surface area contributed by atoms with Crippen LogP contribution in [0.3, 0.4) is 0 Å². The third-order valence-corrected chi connectivity index (χ3v) is 4.85. The van der Waals surface area contributed by atoms with Gasteiger partial charge in [-0.3, -0.25) is 4.79 Å². The third-order valence-electron chi connectivity index (χ3n) is 4.85. The molecule has 0 aliphatic heterocycles. The van der Waals surface area contributed by atoms with E-state index in [2.05, 4.69) is 6.92 Å². The Morgan fingerprint density at radius 2 is 1.95 bits per heavy atom. The van der Waals surface area contributed by atoms with Gasteiger partial charge in [0.05, 0.1) is 6.10 Å². The van der Waals surface area contributed by atoms with Crippen LogP contribution in [0.5, 0.6) is 0 Å². The maximum absolute atomic E-state index is 12.0. The van der Waals surface area contributed by atoms with Crippen molar-refractivity contribution in [2.24, 2.45) is 17.8 Å². The zero-order valence-electron chi connectivity index (χ0n) is 12.9. The molecule has 22 heavy (non-hydrogen) atoms. The molecule has 4 atom stereocenters. The van der Waals surface area contributed by atoms with Crippen molar-refractivity contribution in [3.8, 4) is 0 Å². The summed E-state index contributed by atoms with van der Waals surface area (Å²) in [6.07, 6.45) is 2.50. The summed E-state index contributed by atoms with van der Waals surface area (Å²) in [5.41, 5.74) is 0.964. The van der Waals surface area contributed by atoms with Crippen LogP contribution < -0.4 is 0 Å². The summed E-state index contributed by atoms with van der Waals surface area (Å²) < 4.78 is 10.9. The second kappa shape index (κ2) is 6.61. The molecule has 0 saturated heterocycles. The van der Waals surface area contributed by atoms with Crippen LogP contribution in [0.15, 0.2) is 30.3 Å². The molecule has 2 fully saturated rings. The number of benzene rings is 1. The Balaban J connectivity index is 1.41. The van der Waals surface area contributed by atoms with Gasteiger partial charge in [-0.25, -0.2) is 4.79 Å². The van der Waals surface area contributed by atoms with E-state index in [1.165, 1.54) is 0 Å². The Bertz CT molecular complexity index is 539. The summed E-state index contributed by atoms with van der Waals surface area (Å²) in [6.45, 7) is 2.38. The summed E-state index contributed by atoms with van der Waals surface area (Å²) in [5, 5.41) is 0. The summed E-state index contributed by atoms with van der Waals surface area (Å²) in [6, 6.07) is 9.58. The quantitative estimate of drug-likeness (QED) is 0.785. The summed E-state index contributed by atoms with van der Waals surface area (Å²) >= 11 is 0. The van der Waals surface area contributed by atoms with Gasteiger partial charge in [-0.2, -0.15) is 0 Å². The fourth-order valence-corrected chi connectivity index (χ4v) is 3.67. The molecule has 4 nitrogen and oxygen atoms in total. The van der Waals surface area contributed by atoms with E-state index in [-0.39, 0.29) is 37.1 Å². The Labute approximate surface area is 130 Å². The molecule has 2 saturated carbocycles. The van der Waals surface area contributed by atoms with E-state index in [0.29, 0.717) is 11.7 Å². The van der Waals surface area contributed by atoms with Crippen molar-refractivity contribution in [1.29, 1.82) is 0 Å². The number of hydrogen-bond acceptors (Lipinski definition) is 4. The standard InChI is InChI=1S/C18H22O4/c1-12-7-14-8-15(9-16(12)18(14)20)21-11-17(19)22-10-13-5-3-2-4-6-13/h2-6,12,14-16H,7-11H2,1H3/t12-,14+,15+,16+/m0/s1. The first-order chi connectivity index (χ1) is 10.6. The summed E-state index contributed by atoms with van der Waals surface area (Å²) in [7, 11) is 0. The molecule has 0 radical (unpaired) electrons. The largest absolute Gasteiger partial charge is 0.459 e. The fourth-order valence-electron chi connectivity index (χ4n) is 3.67. The van der Waals surface area contributed by atoms with Crippen LogP contribution in [0.25, 0.3) is 0 Å². The van der Waals surface area contributed by atoms with Gasteiger partial charge >= 0.3 is 5.97 Å². The second-order valence-electron chi connectivity index (χ2n) is 6.47. The van der Waals surface area contributed by atoms with E-state index in [1.807, 2.05) is 30.3 Å². The lowest BCUT2D eigenvalue weighted by molar-refractivity contribution is -0.154. The van der Waals surface area contributed by atoms with Crippen LogP contribution in [0.2, 0.25) is 0 Å². The van der Waals surface area contributed by atoms with Crippen LogP contribution in [0.1, 0.15) is 31.7 Å². The second-order valence-corrected chi connectivity index (χ2v) is 6.47. The van der Waals surface area contributed by atoms with Crippen molar-refractivity contribution >= 4 is 11.8 Å². The minimum absolute atomic E-state index is 0.0157. The maximum atomic E-state index is 12.0. The van der Waals surface area contributed by atoms with Crippen LogP contribution in [-0.4, -0.2) is 24.5 Å². The van der Waals surface area contributed by atoms with Crippen LogP contribution in [0.4, 0.5) is 0 Å². The predicted octanol–water partition coefficient (Wildman–Crippen LogP) is 2.75. The molecule has 2 bridgehead atoms. The van der Waals surface area contributed by atoms with Gasteiger partial charge in [-0.1, -0.05) is 37.3 Å². The SMILES string of the molecule is C[C@H]1C[C@@H]2C[C@@H](OCC(=O)OCc3ccccc3)C[C@H]1C2=O. The lowest BCUT2D eigenvalue weighted by Gasteiger charge is -2.27. The van der Waals surface area contributed by atoms with Crippen molar-refractivity contribution in [3.63, 3.8) is 0 Å². The third kappa shape index (κ3) is 3.38. The number of ketones is 1. The lowest BCUT2D eigenvalue weighted by Crippen LogP contribution is -2.33. The van der Waals surface area contributed by atoms with Crippen LogP contribution >= 0.6 is 0 Å².